The van der Waals surface area contributed by atoms with Gasteiger partial charge in [-0.15, -0.1) is 0 Å². The second kappa shape index (κ2) is 7.86. The van der Waals surface area contributed by atoms with E-state index in [1.165, 1.54) is 5.56 Å². The minimum absolute atomic E-state index is 0.225. The zero-order valence-electron chi connectivity index (χ0n) is 12.0. The Hall–Kier alpha value is -1.78. The molecule has 0 saturated heterocycles. The van der Waals surface area contributed by atoms with E-state index in [-0.39, 0.29) is 16.9 Å². The molecular formula is C16H19ClN2O2. The molecular weight excluding hydrogens is 288 g/mol. The first-order valence-corrected chi connectivity index (χ1v) is 7.29. The van der Waals surface area contributed by atoms with Crippen LogP contribution in [0.2, 0.25) is 5.22 Å². The summed E-state index contributed by atoms with van der Waals surface area (Å²) < 4.78 is 5.05. The third-order valence-electron chi connectivity index (χ3n) is 3.09. The highest BCUT2D eigenvalue weighted by atomic mass is 35.5. The van der Waals surface area contributed by atoms with E-state index in [1.54, 1.807) is 12.1 Å². The largest absolute Gasteiger partial charge is 0.440 e. The van der Waals surface area contributed by atoms with Crippen molar-refractivity contribution in [3.05, 3.63) is 59.0 Å². The number of rotatable bonds is 7. The number of furan rings is 1. The fourth-order valence-electron chi connectivity index (χ4n) is 2.05. The molecule has 2 rings (SSSR count). The molecule has 0 fully saturated rings. The number of amides is 1. The number of nitrogens with one attached hydrogen (secondary N) is 1. The lowest BCUT2D eigenvalue weighted by atomic mass is 10.2. The van der Waals surface area contributed by atoms with Gasteiger partial charge in [0, 0.05) is 13.1 Å². The monoisotopic (exact) mass is 306 g/mol. The lowest BCUT2D eigenvalue weighted by Crippen LogP contribution is -2.27. The minimum Gasteiger partial charge on any atom is -0.440 e. The Bertz CT molecular complexity index is 569. The van der Waals surface area contributed by atoms with Gasteiger partial charge in [-0.2, -0.15) is 0 Å². The van der Waals surface area contributed by atoms with E-state index in [9.17, 15) is 4.79 Å². The van der Waals surface area contributed by atoms with E-state index in [2.05, 4.69) is 29.4 Å². The van der Waals surface area contributed by atoms with Crippen LogP contribution >= 0.6 is 11.6 Å². The quantitative estimate of drug-likeness (QED) is 0.799. The maximum Gasteiger partial charge on any atom is 0.287 e. The molecule has 0 aliphatic rings. The lowest BCUT2D eigenvalue weighted by Gasteiger charge is -2.16. The van der Waals surface area contributed by atoms with Gasteiger partial charge in [0.15, 0.2) is 11.0 Å². The van der Waals surface area contributed by atoms with E-state index < -0.39 is 0 Å². The van der Waals surface area contributed by atoms with Crippen LogP contribution in [0.25, 0.3) is 0 Å². The molecule has 112 valence electrons. The molecule has 0 bridgehead atoms. The number of benzene rings is 1. The van der Waals surface area contributed by atoms with E-state index in [0.717, 1.165) is 19.5 Å². The van der Waals surface area contributed by atoms with Crippen molar-refractivity contribution in [1.82, 2.24) is 10.2 Å². The normalized spacial score (nSPS) is 10.8. The molecule has 5 heteroatoms. The van der Waals surface area contributed by atoms with Crippen LogP contribution in [0, 0.1) is 0 Å². The zero-order chi connectivity index (χ0) is 15.1. The van der Waals surface area contributed by atoms with Crippen molar-refractivity contribution in [2.24, 2.45) is 0 Å². The van der Waals surface area contributed by atoms with Crippen LogP contribution in [0.15, 0.2) is 46.9 Å². The Kier molecular flexibility index (Phi) is 5.84. The maximum absolute atomic E-state index is 11.7. The number of nitrogens with zero attached hydrogens (tertiary/aromatic N) is 1. The summed E-state index contributed by atoms with van der Waals surface area (Å²) >= 11 is 5.63. The van der Waals surface area contributed by atoms with Gasteiger partial charge in [0.05, 0.1) is 0 Å². The van der Waals surface area contributed by atoms with Crippen molar-refractivity contribution in [2.75, 3.05) is 20.1 Å². The summed E-state index contributed by atoms with van der Waals surface area (Å²) in [5.74, 6) is 0.0188. The predicted octanol–water partition coefficient (Wildman–Crippen LogP) is 3.18. The van der Waals surface area contributed by atoms with Gasteiger partial charge in [-0.3, -0.25) is 4.79 Å². The third kappa shape index (κ3) is 5.25. The van der Waals surface area contributed by atoms with E-state index >= 15 is 0 Å². The van der Waals surface area contributed by atoms with Crippen LogP contribution in [0.5, 0.6) is 0 Å². The van der Waals surface area contributed by atoms with Crippen LogP contribution in [0.4, 0.5) is 0 Å². The summed E-state index contributed by atoms with van der Waals surface area (Å²) in [5.41, 5.74) is 1.29. The lowest BCUT2D eigenvalue weighted by molar-refractivity contribution is 0.0924. The van der Waals surface area contributed by atoms with Gasteiger partial charge in [0.25, 0.3) is 5.91 Å². The Morgan fingerprint density at radius 3 is 2.67 bits per heavy atom. The molecule has 0 aliphatic heterocycles. The van der Waals surface area contributed by atoms with E-state index in [4.69, 9.17) is 16.0 Å². The molecule has 1 amide bonds. The minimum atomic E-state index is -0.229. The molecule has 1 heterocycles. The van der Waals surface area contributed by atoms with Gasteiger partial charge >= 0.3 is 0 Å². The summed E-state index contributed by atoms with van der Waals surface area (Å²) in [6.07, 6.45) is 0.878. The Morgan fingerprint density at radius 1 is 1.24 bits per heavy atom. The van der Waals surface area contributed by atoms with Crippen LogP contribution in [0.3, 0.4) is 0 Å². The molecule has 0 atom stereocenters. The summed E-state index contributed by atoms with van der Waals surface area (Å²) in [6, 6.07) is 13.4. The number of hydrogen-bond donors (Lipinski definition) is 1. The highest BCUT2D eigenvalue weighted by Gasteiger charge is 2.09. The van der Waals surface area contributed by atoms with Crippen molar-refractivity contribution in [3.63, 3.8) is 0 Å². The van der Waals surface area contributed by atoms with Crippen LogP contribution in [0.1, 0.15) is 22.5 Å². The topological polar surface area (TPSA) is 45.5 Å². The summed E-state index contributed by atoms with van der Waals surface area (Å²) in [6.45, 7) is 2.42. The molecule has 0 unspecified atom stereocenters. The number of hydrogen-bond acceptors (Lipinski definition) is 3. The van der Waals surface area contributed by atoms with Crippen molar-refractivity contribution in [3.8, 4) is 0 Å². The first kappa shape index (κ1) is 15.6. The van der Waals surface area contributed by atoms with Gasteiger partial charge < -0.3 is 14.6 Å². The van der Waals surface area contributed by atoms with E-state index in [1.807, 2.05) is 18.2 Å². The molecule has 0 saturated carbocycles. The molecule has 0 radical (unpaired) electrons. The van der Waals surface area contributed by atoms with Crippen molar-refractivity contribution >= 4 is 17.5 Å². The third-order valence-corrected chi connectivity index (χ3v) is 3.30. The molecule has 2 aromatic rings. The van der Waals surface area contributed by atoms with Crippen molar-refractivity contribution in [2.45, 2.75) is 13.0 Å². The van der Waals surface area contributed by atoms with Gasteiger partial charge in [0.2, 0.25) is 0 Å². The second-order valence-electron chi connectivity index (χ2n) is 4.94. The molecule has 1 N–H and O–H groups in total. The molecule has 0 aliphatic carbocycles. The van der Waals surface area contributed by atoms with Crippen molar-refractivity contribution < 1.29 is 9.21 Å². The van der Waals surface area contributed by atoms with Gasteiger partial charge in [-0.25, -0.2) is 0 Å². The van der Waals surface area contributed by atoms with Gasteiger partial charge in [-0.05, 0) is 49.3 Å². The summed E-state index contributed by atoms with van der Waals surface area (Å²) in [4.78, 5) is 13.9. The second-order valence-corrected chi connectivity index (χ2v) is 5.31. The SMILES string of the molecule is CN(CCCNC(=O)c1ccc(Cl)o1)Cc1ccccc1. The fourth-order valence-corrected chi connectivity index (χ4v) is 2.19. The molecule has 21 heavy (non-hydrogen) atoms. The standard InChI is InChI=1S/C16H19ClN2O2/c1-19(12-13-6-3-2-4-7-13)11-5-10-18-16(20)14-8-9-15(17)21-14/h2-4,6-9H,5,10-12H2,1H3,(H,18,20). The van der Waals surface area contributed by atoms with Crippen LogP contribution in [-0.4, -0.2) is 30.9 Å². The fraction of sp³-hybridized carbons (Fsp3) is 0.312. The first-order valence-electron chi connectivity index (χ1n) is 6.91. The van der Waals surface area contributed by atoms with Gasteiger partial charge in [-0.1, -0.05) is 30.3 Å². The Morgan fingerprint density at radius 2 is 2.00 bits per heavy atom. The smallest absolute Gasteiger partial charge is 0.287 e. The highest BCUT2D eigenvalue weighted by Crippen LogP contribution is 2.12. The van der Waals surface area contributed by atoms with Crippen LogP contribution < -0.4 is 5.32 Å². The van der Waals surface area contributed by atoms with Gasteiger partial charge in [0.1, 0.15) is 0 Å². The number of halogens is 1. The predicted molar refractivity (Wildman–Crippen MR) is 83.4 cm³/mol. The Balaban J connectivity index is 1.64. The molecule has 1 aromatic carbocycles. The molecule has 0 spiro atoms. The van der Waals surface area contributed by atoms with Crippen molar-refractivity contribution in [1.29, 1.82) is 0 Å². The molecule has 1 aromatic heterocycles. The van der Waals surface area contributed by atoms with E-state index in [0.29, 0.717) is 6.54 Å². The zero-order valence-corrected chi connectivity index (χ0v) is 12.8. The summed E-state index contributed by atoms with van der Waals surface area (Å²) in [5, 5.41) is 3.04. The number of carbonyl (C=O) groups excluding carboxylic acids is 1. The Labute approximate surface area is 129 Å². The first-order chi connectivity index (χ1) is 10.1. The molecule has 4 nitrogen and oxygen atoms in total. The maximum atomic E-state index is 11.7. The van der Waals surface area contributed by atoms with Crippen LogP contribution in [-0.2, 0) is 6.54 Å². The number of carbonyl (C=O) groups is 1. The summed E-state index contributed by atoms with van der Waals surface area (Å²) in [7, 11) is 2.07. The average Bonchev–Trinajstić information content (AvgIpc) is 2.91. The highest BCUT2D eigenvalue weighted by molar-refractivity contribution is 6.29. The average molecular weight is 307 g/mol.